The van der Waals surface area contributed by atoms with Crippen LogP contribution in [0.25, 0.3) is 0 Å². The molecule has 0 aliphatic carbocycles. The third kappa shape index (κ3) is 5.80. The summed E-state index contributed by atoms with van der Waals surface area (Å²) in [6, 6.07) is 0. The van der Waals surface area contributed by atoms with Crippen molar-refractivity contribution in [3.8, 4) is 0 Å². The van der Waals surface area contributed by atoms with Gasteiger partial charge in [0.2, 0.25) is 0 Å². The van der Waals surface area contributed by atoms with Crippen molar-refractivity contribution < 1.29 is 14.3 Å². The molecule has 84 valence electrons. The maximum atomic E-state index is 11.4. The van der Waals surface area contributed by atoms with E-state index in [1.807, 2.05) is 13.8 Å². The standard InChI is InChI=1S/C10H21NO3/c1-4-6-11(7-5-2)10(12)14-9-8-13-3/h4-9H2,1-3H3. The number of amides is 1. The maximum Gasteiger partial charge on any atom is 0.409 e. The Balaban J connectivity index is 3.76. The van der Waals surface area contributed by atoms with E-state index < -0.39 is 0 Å². The summed E-state index contributed by atoms with van der Waals surface area (Å²) in [5.41, 5.74) is 0. The minimum Gasteiger partial charge on any atom is -0.447 e. The zero-order valence-electron chi connectivity index (χ0n) is 9.41. The average molecular weight is 203 g/mol. The van der Waals surface area contributed by atoms with Crippen molar-refractivity contribution >= 4 is 6.09 Å². The largest absolute Gasteiger partial charge is 0.447 e. The summed E-state index contributed by atoms with van der Waals surface area (Å²) >= 11 is 0. The Hall–Kier alpha value is -0.770. The predicted molar refractivity (Wildman–Crippen MR) is 55.4 cm³/mol. The van der Waals surface area contributed by atoms with Gasteiger partial charge in [-0.1, -0.05) is 13.8 Å². The lowest BCUT2D eigenvalue weighted by molar-refractivity contribution is 0.0717. The van der Waals surface area contributed by atoms with Gasteiger partial charge in [-0.3, -0.25) is 0 Å². The number of carbonyl (C=O) groups excluding carboxylic acids is 1. The van der Waals surface area contributed by atoms with E-state index in [2.05, 4.69) is 0 Å². The lowest BCUT2D eigenvalue weighted by atomic mass is 10.4. The molecule has 0 radical (unpaired) electrons. The van der Waals surface area contributed by atoms with E-state index in [-0.39, 0.29) is 6.09 Å². The fourth-order valence-corrected chi connectivity index (χ4v) is 1.14. The summed E-state index contributed by atoms with van der Waals surface area (Å²) in [7, 11) is 1.59. The van der Waals surface area contributed by atoms with Crippen LogP contribution in [0.2, 0.25) is 0 Å². The van der Waals surface area contributed by atoms with E-state index in [1.54, 1.807) is 12.0 Å². The molecule has 0 unspecified atom stereocenters. The van der Waals surface area contributed by atoms with Crippen LogP contribution in [0.1, 0.15) is 26.7 Å². The van der Waals surface area contributed by atoms with Crippen molar-refractivity contribution in [2.75, 3.05) is 33.4 Å². The van der Waals surface area contributed by atoms with Crippen LogP contribution in [0, 0.1) is 0 Å². The molecule has 0 aromatic rings. The Labute approximate surface area is 86.2 Å². The van der Waals surface area contributed by atoms with E-state index in [0.29, 0.717) is 13.2 Å². The highest BCUT2D eigenvalue weighted by Gasteiger charge is 2.11. The van der Waals surface area contributed by atoms with Gasteiger partial charge >= 0.3 is 6.09 Å². The summed E-state index contributed by atoms with van der Waals surface area (Å²) in [5, 5.41) is 0. The first kappa shape index (κ1) is 13.2. The Morgan fingerprint density at radius 2 is 1.71 bits per heavy atom. The Kier molecular flexibility index (Phi) is 8.33. The molecule has 4 heteroatoms. The zero-order chi connectivity index (χ0) is 10.8. The van der Waals surface area contributed by atoms with Gasteiger partial charge in [-0.15, -0.1) is 0 Å². The second kappa shape index (κ2) is 8.81. The molecule has 0 saturated heterocycles. The van der Waals surface area contributed by atoms with Gasteiger partial charge in [0.1, 0.15) is 6.61 Å². The number of nitrogens with zero attached hydrogens (tertiary/aromatic N) is 1. The van der Waals surface area contributed by atoms with Gasteiger partial charge in [-0.25, -0.2) is 4.79 Å². The summed E-state index contributed by atoms with van der Waals surface area (Å²) in [5.74, 6) is 0. The molecule has 0 atom stereocenters. The number of methoxy groups -OCH3 is 1. The molecule has 1 amide bonds. The van der Waals surface area contributed by atoms with Crippen LogP contribution < -0.4 is 0 Å². The van der Waals surface area contributed by atoms with Crippen LogP contribution in [-0.4, -0.2) is 44.4 Å². The molecule has 0 aliphatic rings. The van der Waals surface area contributed by atoms with Crippen molar-refractivity contribution in [3.05, 3.63) is 0 Å². The molecule has 0 heterocycles. The normalized spacial score (nSPS) is 9.93. The monoisotopic (exact) mass is 203 g/mol. The molecular weight excluding hydrogens is 182 g/mol. The van der Waals surface area contributed by atoms with Gasteiger partial charge in [0.25, 0.3) is 0 Å². The first-order valence-corrected chi connectivity index (χ1v) is 5.16. The van der Waals surface area contributed by atoms with Gasteiger partial charge in [0, 0.05) is 20.2 Å². The molecule has 0 aliphatic heterocycles. The molecule has 0 aromatic carbocycles. The first-order chi connectivity index (χ1) is 6.76. The summed E-state index contributed by atoms with van der Waals surface area (Å²) in [6.07, 6.45) is 1.68. The van der Waals surface area contributed by atoms with E-state index in [1.165, 1.54) is 0 Å². The average Bonchev–Trinajstić information content (AvgIpc) is 2.18. The third-order valence-electron chi connectivity index (χ3n) is 1.76. The molecule has 14 heavy (non-hydrogen) atoms. The molecule has 0 rings (SSSR count). The molecule has 0 fully saturated rings. The van der Waals surface area contributed by atoms with Gasteiger partial charge in [-0.2, -0.15) is 0 Å². The SMILES string of the molecule is CCCN(CCC)C(=O)OCCOC. The van der Waals surface area contributed by atoms with Crippen molar-refractivity contribution in [1.29, 1.82) is 0 Å². The second-order valence-electron chi connectivity index (χ2n) is 3.09. The molecular formula is C10H21NO3. The first-order valence-electron chi connectivity index (χ1n) is 5.16. The number of ether oxygens (including phenoxy) is 2. The second-order valence-corrected chi connectivity index (χ2v) is 3.09. The molecule has 0 bridgehead atoms. The van der Waals surface area contributed by atoms with Crippen LogP contribution in [-0.2, 0) is 9.47 Å². The van der Waals surface area contributed by atoms with Crippen LogP contribution >= 0.6 is 0 Å². The van der Waals surface area contributed by atoms with Crippen LogP contribution in [0.4, 0.5) is 4.79 Å². The van der Waals surface area contributed by atoms with Crippen LogP contribution in [0.3, 0.4) is 0 Å². The summed E-state index contributed by atoms with van der Waals surface area (Å²) < 4.78 is 9.81. The van der Waals surface area contributed by atoms with Crippen LogP contribution in [0.15, 0.2) is 0 Å². The fraction of sp³-hybridized carbons (Fsp3) is 0.900. The van der Waals surface area contributed by atoms with Crippen LogP contribution in [0.5, 0.6) is 0 Å². The Morgan fingerprint density at radius 1 is 1.14 bits per heavy atom. The van der Waals surface area contributed by atoms with Crippen molar-refractivity contribution in [1.82, 2.24) is 4.90 Å². The highest BCUT2D eigenvalue weighted by molar-refractivity contribution is 5.67. The van der Waals surface area contributed by atoms with E-state index in [4.69, 9.17) is 9.47 Å². The van der Waals surface area contributed by atoms with E-state index in [9.17, 15) is 4.79 Å². The van der Waals surface area contributed by atoms with Crippen molar-refractivity contribution in [2.24, 2.45) is 0 Å². The Bertz CT molecular complexity index is 144. The number of carbonyl (C=O) groups is 1. The molecule has 4 nitrogen and oxygen atoms in total. The number of hydrogen-bond acceptors (Lipinski definition) is 3. The summed E-state index contributed by atoms with van der Waals surface area (Å²) in [4.78, 5) is 13.2. The van der Waals surface area contributed by atoms with Gasteiger partial charge < -0.3 is 14.4 Å². The highest BCUT2D eigenvalue weighted by Crippen LogP contribution is 1.98. The molecule has 0 N–H and O–H groups in total. The Morgan fingerprint density at radius 3 is 2.14 bits per heavy atom. The minimum absolute atomic E-state index is 0.231. The van der Waals surface area contributed by atoms with E-state index >= 15 is 0 Å². The summed E-state index contributed by atoms with van der Waals surface area (Å²) in [6.45, 7) is 6.41. The third-order valence-corrected chi connectivity index (χ3v) is 1.76. The van der Waals surface area contributed by atoms with Crippen molar-refractivity contribution in [3.63, 3.8) is 0 Å². The molecule has 0 saturated carbocycles. The highest BCUT2D eigenvalue weighted by atomic mass is 16.6. The predicted octanol–water partition coefficient (Wildman–Crippen LogP) is 1.89. The fourth-order valence-electron chi connectivity index (χ4n) is 1.14. The lowest BCUT2D eigenvalue weighted by Crippen LogP contribution is -2.33. The lowest BCUT2D eigenvalue weighted by Gasteiger charge is -2.20. The quantitative estimate of drug-likeness (QED) is 0.593. The minimum atomic E-state index is -0.231. The zero-order valence-corrected chi connectivity index (χ0v) is 9.41. The number of hydrogen-bond donors (Lipinski definition) is 0. The van der Waals surface area contributed by atoms with Gasteiger partial charge in [-0.05, 0) is 12.8 Å². The van der Waals surface area contributed by atoms with Crippen molar-refractivity contribution in [2.45, 2.75) is 26.7 Å². The molecule has 0 spiro atoms. The maximum absolute atomic E-state index is 11.4. The smallest absolute Gasteiger partial charge is 0.409 e. The van der Waals surface area contributed by atoms with E-state index in [0.717, 1.165) is 25.9 Å². The molecule has 0 aromatic heterocycles. The van der Waals surface area contributed by atoms with Gasteiger partial charge in [0.05, 0.1) is 6.61 Å². The topological polar surface area (TPSA) is 38.8 Å². The van der Waals surface area contributed by atoms with Gasteiger partial charge in [0.15, 0.2) is 0 Å². The number of rotatable bonds is 7.